The molecule has 0 radical (unpaired) electrons. The standard InChI is InChI=1S/C19H17Cl2N3O2/c1-25-12-4-5-13(17(10-12)26-2)18-14-7-8-22-19(14)24(23-18)16-9-11(20)3-6-15(16)21/h3-6,9-10,22H,7-8H2,1-2H3. The average molecular weight is 390 g/mol. The third-order valence-corrected chi connectivity index (χ3v) is 5.01. The Morgan fingerprint density at radius 1 is 1.08 bits per heavy atom. The van der Waals surface area contributed by atoms with Gasteiger partial charge in [0.2, 0.25) is 0 Å². The number of rotatable bonds is 4. The predicted molar refractivity (Wildman–Crippen MR) is 104 cm³/mol. The van der Waals surface area contributed by atoms with Gasteiger partial charge < -0.3 is 14.8 Å². The van der Waals surface area contributed by atoms with Crippen molar-refractivity contribution in [1.82, 2.24) is 9.78 Å². The number of fused-ring (bicyclic) bond motifs is 1. The van der Waals surface area contributed by atoms with Crippen molar-refractivity contribution in [3.05, 3.63) is 52.0 Å². The molecule has 1 N–H and O–H groups in total. The van der Waals surface area contributed by atoms with Crippen molar-refractivity contribution in [2.45, 2.75) is 6.42 Å². The van der Waals surface area contributed by atoms with E-state index in [1.54, 1.807) is 26.4 Å². The fourth-order valence-electron chi connectivity index (χ4n) is 3.21. The molecule has 0 unspecified atom stereocenters. The second-order valence-corrected chi connectivity index (χ2v) is 6.77. The quantitative estimate of drug-likeness (QED) is 0.693. The monoisotopic (exact) mass is 389 g/mol. The van der Waals surface area contributed by atoms with Crippen molar-refractivity contribution < 1.29 is 9.47 Å². The third-order valence-electron chi connectivity index (χ3n) is 4.45. The van der Waals surface area contributed by atoms with E-state index in [1.807, 2.05) is 28.9 Å². The first kappa shape index (κ1) is 17.1. The number of benzene rings is 2. The lowest BCUT2D eigenvalue weighted by Gasteiger charge is -2.10. The van der Waals surface area contributed by atoms with Crippen LogP contribution in [0.3, 0.4) is 0 Å². The Hall–Kier alpha value is -2.37. The molecule has 0 saturated carbocycles. The number of hydrogen-bond donors (Lipinski definition) is 1. The van der Waals surface area contributed by atoms with Crippen molar-refractivity contribution >= 4 is 29.0 Å². The minimum Gasteiger partial charge on any atom is -0.497 e. The minimum atomic E-state index is 0.585. The molecule has 3 aromatic rings. The van der Waals surface area contributed by atoms with Gasteiger partial charge in [0.1, 0.15) is 23.0 Å². The summed E-state index contributed by atoms with van der Waals surface area (Å²) in [5.41, 5.74) is 3.64. The minimum absolute atomic E-state index is 0.585. The van der Waals surface area contributed by atoms with Gasteiger partial charge in [-0.3, -0.25) is 0 Å². The maximum absolute atomic E-state index is 6.40. The van der Waals surface area contributed by atoms with Gasteiger partial charge >= 0.3 is 0 Å². The maximum Gasteiger partial charge on any atom is 0.133 e. The first-order valence-electron chi connectivity index (χ1n) is 8.16. The summed E-state index contributed by atoms with van der Waals surface area (Å²) in [4.78, 5) is 0. The van der Waals surface area contributed by atoms with Crippen LogP contribution in [0.15, 0.2) is 36.4 Å². The molecule has 2 aromatic carbocycles. The lowest BCUT2D eigenvalue weighted by atomic mass is 10.1. The summed E-state index contributed by atoms with van der Waals surface area (Å²) in [5, 5.41) is 9.42. The van der Waals surface area contributed by atoms with Crippen LogP contribution in [0.1, 0.15) is 5.56 Å². The number of hydrogen-bond acceptors (Lipinski definition) is 4. The highest BCUT2D eigenvalue weighted by atomic mass is 35.5. The molecule has 5 nitrogen and oxygen atoms in total. The number of nitrogens with zero attached hydrogens (tertiary/aromatic N) is 2. The Kier molecular flexibility index (Phi) is 4.42. The predicted octanol–water partition coefficient (Wildman–Crippen LogP) is 4.83. The SMILES string of the molecule is COc1ccc(-c2nn(-c3cc(Cl)ccc3Cl)c3c2CCN3)c(OC)c1. The van der Waals surface area contributed by atoms with Crippen LogP contribution in [0.5, 0.6) is 11.5 Å². The Labute approximate surface area is 161 Å². The molecule has 0 spiro atoms. The molecule has 0 atom stereocenters. The van der Waals surface area contributed by atoms with Crippen molar-refractivity contribution in [2.75, 3.05) is 26.1 Å². The van der Waals surface area contributed by atoms with Crippen molar-refractivity contribution in [3.8, 4) is 28.4 Å². The molecule has 0 fully saturated rings. The molecule has 0 saturated heterocycles. The zero-order valence-corrected chi connectivity index (χ0v) is 15.9. The first-order chi connectivity index (χ1) is 12.6. The smallest absolute Gasteiger partial charge is 0.133 e. The molecule has 0 aliphatic carbocycles. The maximum atomic E-state index is 6.40. The van der Waals surface area contributed by atoms with Gasteiger partial charge in [-0.2, -0.15) is 5.10 Å². The lowest BCUT2D eigenvalue weighted by molar-refractivity contribution is 0.395. The molecule has 134 valence electrons. The van der Waals surface area contributed by atoms with Gasteiger partial charge in [-0.05, 0) is 36.8 Å². The number of anilines is 1. The first-order valence-corrected chi connectivity index (χ1v) is 8.91. The third kappa shape index (κ3) is 2.77. The highest BCUT2D eigenvalue weighted by molar-refractivity contribution is 6.34. The van der Waals surface area contributed by atoms with E-state index >= 15 is 0 Å². The Morgan fingerprint density at radius 2 is 1.92 bits per heavy atom. The number of methoxy groups -OCH3 is 2. The molecular weight excluding hydrogens is 373 g/mol. The van der Waals surface area contributed by atoms with E-state index < -0.39 is 0 Å². The van der Waals surface area contributed by atoms with Gasteiger partial charge in [0, 0.05) is 28.8 Å². The summed E-state index contributed by atoms with van der Waals surface area (Å²) in [6.45, 7) is 0.844. The van der Waals surface area contributed by atoms with Gasteiger partial charge in [-0.15, -0.1) is 0 Å². The molecule has 26 heavy (non-hydrogen) atoms. The molecule has 0 amide bonds. The molecule has 2 heterocycles. The molecule has 0 bridgehead atoms. The highest BCUT2D eigenvalue weighted by Gasteiger charge is 2.26. The van der Waals surface area contributed by atoms with Crippen LogP contribution < -0.4 is 14.8 Å². The van der Waals surface area contributed by atoms with Crippen LogP contribution in [-0.2, 0) is 6.42 Å². The molecule has 4 rings (SSSR count). The zero-order valence-electron chi connectivity index (χ0n) is 14.3. The van der Waals surface area contributed by atoms with Crippen molar-refractivity contribution in [3.63, 3.8) is 0 Å². The van der Waals surface area contributed by atoms with Crippen LogP contribution in [-0.4, -0.2) is 30.5 Å². The summed E-state index contributed by atoms with van der Waals surface area (Å²) in [6.07, 6.45) is 0.873. The zero-order chi connectivity index (χ0) is 18.3. The highest BCUT2D eigenvalue weighted by Crippen LogP contribution is 2.40. The molecule has 7 heteroatoms. The second-order valence-electron chi connectivity index (χ2n) is 5.93. The lowest BCUT2D eigenvalue weighted by Crippen LogP contribution is -2.05. The Bertz CT molecular complexity index is 985. The largest absolute Gasteiger partial charge is 0.497 e. The van der Waals surface area contributed by atoms with Crippen molar-refractivity contribution in [1.29, 1.82) is 0 Å². The van der Waals surface area contributed by atoms with Gasteiger partial charge in [0.15, 0.2) is 0 Å². The van der Waals surface area contributed by atoms with E-state index in [0.29, 0.717) is 15.8 Å². The summed E-state index contributed by atoms with van der Waals surface area (Å²) < 4.78 is 12.7. The van der Waals surface area contributed by atoms with Gasteiger partial charge in [0.05, 0.1) is 24.9 Å². The fourth-order valence-corrected chi connectivity index (χ4v) is 3.57. The fraction of sp³-hybridized carbons (Fsp3) is 0.211. The number of aromatic nitrogens is 2. The van der Waals surface area contributed by atoms with E-state index in [2.05, 4.69) is 5.32 Å². The Balaban J connectivity index is 1.91. The number of ether oxygens (including phenoxy) is 2. The average Bonchev–Trinajstić information content (AvgIpc) is 3.26. The van der Waals surface area contributed by atoms with Crippen LogP contribution in [0.4, 0.5) is 5.82 Å². The van der Waals surface area contributed by atoms with Gasteiger partial charge in [0.25, 0.3) is 0 Å². The van der Waals surface area contributed by atoms with Crippen LogP contribution in [0, 0.1) is 0 Å². The summed E-state index contributed by atoms with van der Waals surface area (Å²) in [5.74, 6) is 2.38. The molecular formula is C19H17Cl2N3O2. The summed E-state index contributed by atoms with van der Waals surface area (Å²) in [6, 6.07) is 11.1. The normalized spacial score (nSPS) is 12.6. The number of halogens is 2. The topological polar surface area (TPSA) is 48.3 Å². The van der Waals surface area contributed by atoms with E-state index in [1.165, 1.54) is 0 Å². The Morgan fingerprint density at radius 3 is 2.69 bits per heavy atom. The van der Waals surface area contributed by atoms with Crippen LogP contribution >= 0.6 is 23.2 Å². The van der Waals surface area contributed by atoms with E-state index in [4.69, 9.17) is 37.8 Å². The summed E-state index contributed by atoms with van der Waals surface area (Å²) in [7, 11) is 3.27. The van der Waals surface area contributed by atoms with Crippen molar-refractivity contribution in [2.24, 2.45) is 0 Å². The van der Waals surface area contributed by atoms with E-state index in [9.17, 15) is 0 Å². The summed E-state index contributed by atoms with van der Waals surface area (Å²) >= 11 is 12.6. The van der Waals surface area contributed by atoms with Crippen LogP contribution in [0.25, 0.3) is 16.9 Å². The van der Waals surface area contributed by atoms with Gasteiger partial charge in [-0.1, -0.05) is 23.2 Å². The number of nitrogens with one attached hydrogen (secondary N) is 1. The molecule has 1 aliphatic heterocycles. The molecule has 1 aliphatic rings. The van der Waals surface area contributed by atoms with Gasteiger partial charge in [-0.25, -0.2) is 4.68 Å². The van der Waals surface area contributed by atoms with E-state index in [0.717, 1.165) is 47.0 Å². The van der Waals surface area contributed by atoms with E-state index in [-0.39, 0.29) is 0 Å². The second kappa shape index (κ2) is 6.74. The van der Waals surface area contributed by atoms with Crippen LogP contribution in [0.2, 0.25) is 10.0 Å². The molecule has 1 aromatic heterocycles.